The molecule has 0 spiro atoms. The second kappa shape index (κ2) is 8.10. The van der Waals surface area contributed by atoms with E-state index in [9.17, 15) is 4.79 Å². The molecular formula is C20H25N5O. The van der Waals surface area contributed by atoms with Crippen LogP contribution >= 0.6 is 0 Å². The lowest BCUT2D eigenvalue weighted by molar-refractivity contribution is -0.122. The van der Waals surface area contributed by atoms with Gasteiger partial charge < -0.3 is 10.3 Å². The number of benzene rings is 1. The topological polar surface area (TPSA) is 73.9 Å². The molecule has 3 rings (SSSR count). The highest BCUT2D eigenvalue weighted by atomic mass is 16.2. The van der Waals surface area contributed by atoms with Crippen LogP contribution in [0.1, 0.15) is 36.3 Å². The number of imidazole rings is 1. The van der Waals surface area contributed by atoms with Gasteiger partial charge in [0.05, 0.1) is 23.6 Å². The number of carbonyl (C=O) groups excluding carboxylic acids is 1. The average Bonchev–Trinajstić information content (AvgIpc) is 3.03. The number of aryl methyl sites for hydroxylation is 1. The zero-order valence-corrected chi connectivity index (χ0v) is 15.5. The Morgan fingerprint density at radius 3 is 2.92 bits per heavy atom. The largest absolute Gasteiger partial charge is 0.345 e. The van der Waals surface area contributed by atoms with Gasteiger partial charge in [-0.15, -0.1) is 0 Å². The summed E-state index contributed by atoms with van der Waals surface area (Å²) in [6, 6.07) is 9.90. The molecule has 2 aromatic heterocycles. The van der Waals surface area contributed by atoms with Crippen molar-refractivity contribution in [2.75, 3.05) is 13.6 Å². The molecule has 6 heteroatoms. The number of likely N-dealkylation sites (N-methyl/N-ethyl adjacent to an activating group) is 1. The predicted molar refractivity (Wildman–Crippen MR) is 103 cm³/mol. The standard InChI is InChI=1S/C20H25N5O/c1-4-16(20-23-17-8-7-14(2)10-18(17)24-20)22-19(26)13-25(3)12-15-6-5-9-21-11-15/h5-11,16H,4,12-13H2,1-3H3,(H,22,26)(H,23,24)/t16-/m1/s1. The minimum absolute atomic E-state index is 0.0140. The van der Waals surface area contributed by atoms with E-state index in [-0.39, 0.29) is 11.9 Å². The van der Waals surface area contributed by atoms with Crippen LogP contribution in [0, 0.1) is 6.92 Å². The Labute approximate surface area is 153 Å². The summed E-state index contributed by atoms with van der Waals surface area (Å²) in [5, 5.41) is 3.09. The van der Waals surface area contributed by atoms with E-state index in [2.05, 4.69) is 33.3 Å². The number of rotatable bonds is 7. The van der Waals surface area contributed by atoms with Crippen molar-refractivity contribution >= 4 is 16.9 Å². The number of hydrogen-bond donors (Lipinski definition) is 2. The van der Waals surface area contributed by atoms with E-state index in [0.717, 1.165) is 28.8 Å². The molecule has 0 fully saturated rings. The lowest BCUT2D eigenvalue weighted by atomic mass is 10.2. The van der Waals surface area contributed by atoms with E-state index >= 15 is 0 Å². The minimum Gasteiger partial charge on any atom is -0.345 e. The molecule has 1 atom stereocenters. The molecule has 0 radical (unpaired) electrons. The van der Waals surface area contributed by atoms with Crippen LogP contribution < -0.4 is 5.32 Å². The van der Waals surface area contributed by atoms with Gasteiger partial charge in [0, 0.05) is 18.9 Å². The van der Waals surface area contributed by atoms with Crippen molar-refractivity contribution in [2.45, 2.75) is 32.9 Å². The zero-order valence-electron chi connectivity index (χ0n) is 15.5. The van der Waals surface area contributed by atoms with Gasteiger partial charge in [0.2, 0.25) is 5.91 Å². The van der Waals surface area contributed by atoms with Crippen LogP contribution in [-0.4, -0.2) is 39.4 Å². The fraction of sp³-hybridized carbons (Fsp3) is 0.350. The Morgan fingerprint density at radius 1 is 1.35 bits per heavy atom. The average molecular weight is 351 g/mol. The van der Waals surface area contributed by atoms with Gasteiger partial charge in [-0.3, -0.25) is 14.7 Å². The Balaban J connectivity index is 1.62. The highest BCUT2D eigenvalue weighted by Gasteiger charge is 2.17. The summed E-state index contributed by atoms with van der Waals surface area (Å²) in [4.78, 5) is 26.5. The van der Waals surface area contributed by atoms with Crippen molar-refractivity contribution in [1.82, 2.24) is 25.2 Å². The van der Waals surface area contributed by atoms with E-state index in [1.807, 2.05) is 49.3 Å². The van der Waals surface area contributed by atoms with E-state index in [1.165, 1.54) is 5.56 Å². The SMILES string of the molecule is CC[C@@H](NC(=O)CN(C)Cc1cccnc1)c1nc2ccc(C)cc2[nH]1. The molecule has 0 aliphatic heterocycles. The molecule has 0 unspecified atom stereocenters. The molecule has 1 aromatic carbocycles. The summed E-state index contributed by atoms with van der Waals surface area (Å²) in [5.74, 6) is 0.788. The molecule has 1 amide bonds. The lowest BCUT2D eigenvalue weighted by Crippen LogP contribution is -2.37. The molecule has 0 aliphatic carbocycles. The van der Waals surface area contributed by atoms with Crippen LogP contribution in [-0.2, 0) is 11.3 Å². The first-order chi connectivity index (χ1) is 12.5. The van der Waals surface area contributed by atoms with Gasteiger partial charge in [-0.05, 0) is 49.7 Å². The Kier molecular flexibility index (Phi) is 5.63. The second-order valence-electron chi connectivity index (χ2n) is 6.70. The fourth-order valence-electron chi connectivity index (χ4n) is 3.02. The predicted octanol–water partition coefficient (Wildman–Crippen LogP) is 2.97. The third-order valence-corrected chi connectivity index (χ3v) is 4.32. The Bertz CT molecular complexity index is 874. The van der Waals surface area contributed by atoms with Crippen LogP contribution in [0.5, 0.6) is 0 Å². The molecule has 26 heavy (non-hydrogen) atoms. The number of aromatic amines is 1. The van der Waals surface area contributed by atoms with Crippen LogP contribution in [0.2, 0.25) is 0 Å². The number of fused-ring (bicyclic) bond motifs is 1. The van der Waals surface area contributed by atoms with E-state index in [1.54, 1.807) is 6.20 Å². The molecular weight excluding hydrogens is 326 g/mol. The van der Waals surface area contributed by atoms with Crippen LogP contribution in [0.15, 0.2) is 42.7 Å². The Hall–Kier alpha value is -2.73. The molecule has 0 saturated carbocycles. The minimum atomic E-state index is -0.123. The summed E-state index contributed by atoms with van der Waals surface area (Å²) in [6.07, 6.45) is 4.34. The number of nitrogens with one attached hydrogen (secondary N) is 2. The van der Waals surface area contributed by atoms with Crippen LogP contribution in [0.4, 0.5) is 0 Å². The second-order valence-corrected chi connectivity index (χ2v) is 6.70. The van der Waals surface area contributed by atoms with Crippen molar-refractivity contribution in [3.8, 4) is 0 Å². The lowest BCUT2D eigenvalue weighted by Gasteiger charge is -2.19. The normalized spacial score (nSPS) is 12.5. The van der Waals surface area contributed by atoms with Gasteiger partial charge in [0.15, 0.2) is 0 Å². The summed E-state index contributed by atoms with van der Waals surface area (Å²) in [7, 11) is 1.93. The molecule has 2 heterocycles. The third kappa shape index (κ3) is 4.46. The summed E-state index contributed by atoms with van der Waals surface area (Å²) < 4.78 is 0. The first kappa shape index (κ1) is 18.1. The third-order valence-electron chi connectivity index (χ3n) is 4.32. The quantitative estimate of drug-likeness (QED) is 0.686. The van der Waals surface area contributed by atoms with Crippen molar-refractivity contribution in [3.63, 3.8) is 0 Å². The van der Waals surface area contributed by atoms with E-state index in [0.29, 0.717) is 13.1 Å². The maximum Gasteiger partial charge on any atom is 0.234 e. The monoisotopic (exact) mass is 351 g/mol. The van der Waals surface area contributed by atoms with E-state index < -0.39 is 0 Å². The summed E-state index contributed by atoms with van der Waals surface area (Å²) >= 11 is 0. The molecule has 0 aliphatic rings. The van der Waals surface area contributed by atoms with Crippen molar-refractivity contribution in [3.05, 3.63) is 59.7 Å². The summed E-state index contributed by atoms with van der Waals surface area (Å²) in [5.41, 5.74) is 4.19. The first-order valence-corrected chi connectivity index (χ1v) is 8.88. The van der Waals surface area contributed by atoms with E-state index in [4.69, 9.17) is 0 Å². The number of aromatic nitrogens is 3. The van der Waals surface area contributed by atoms with Gasteiger partial charge in [-0.1, -0.05) is 19.1 Å². The first-order valence-electron chi connectivity index (χ1n) is 8.88. The van der Waals surface area contributed by atoms with Gasteiger partial charge in [0.25, 0.3) is 0 Å². The fourth-order valence-corrected chi connectivity index (χ4v) is 3.02. The maximum atomic E-state index is 12.4. The van der Waals surface area contributed by atoms with Crippen LogP contribution in [0.25, 0.3) is 11.0 Å². The summed E-state index contributed by atoms with van der Waals surface area (Å²) in [6.45, 7) is 5.10. The maximum absolute atomic E-state index is 12.4. The molecule has 0 bridgehead atoms. The van der Waals surface area contributed by atoms with Crippen LogP contribution in [0.3, 0.4) is 0 Å². The zero-order chi connectivity index (χ0) is 18.5. The van der Waals surface area contributed by atoms with Gasteiger partial charge in [-0.25, -0.2) is 4.98 Å². The molecule has 0 saturated heterocycles. The van der Waals surface area contributed by atoms with Gasteiger partial charge in [0.1, 0.15) is 5.82 Å². The smallest absolute Gasteiger partial charge is 0.234 e. The highest BCUT2D eigenvalue weighted by molar-refractivity contribution is 5.79. The van der Waals surface area contributed by atoms with Gasteiger partial charge >= 0.3 is 0 Å². The van der Waals surface area contributed by atoms with Crippen molar-refractivity contribution in [2.24, 2.45) is 0 Å². The number of nitrogens with zero attached hydrogens (tertiary/aromatic N) is 3. The van der Waals surface area contributed by atoms with Crippen molar-refractivity contribution < 1.29 is 4.79 Å². The molecule has 6 nitrogen and oxygen atoms in total. The molecule has 2 N–H and O–H groups in total. The number of hydrogen-bond acceptors (Lipinski definition) is 4. The number of amides is 1. The van der Waals surface area contributed by atoms with Crippen molar-refractivity contribution in [1.29, 1.82) is 0 Å². The number of H-pyrrole nitrogens is 1. The Morgan fingerprint density at radius 2 is 2.19 bits per heavy atom. The molecule has 136 valence electrons. The number of pyridine rings is 1. The number of carbonyl (C=O) groups is 1. The van der Waals surface area contributed by atoms with Gasteiger partial charge in [-0.2, -0.15) is 0 Å². The molecule has 3 aromatic rings. The highest BCUT2D eigenvalue weighted by Crippen LogP contribution is 2.19.